The van der Waals surface area contributed by atoms with E-state index in [4.69, 9.17) is 9.47 Å². The summed E-state index contributed by atoms with van der Waals surface area (Å²) in [7, 11) is 3.08. The summed E-state index contributed by atoms with van der Waals surface area (Å²) < 4.78 is 10.2. The summed E-state index contributed by atoms with van der Waals surface area (Å²) in [5.74, 6) is 0.155. The van der Waals surface area contributed by atoms with E-state index in [2.05, 4.69) is 0 Å². The highest BCUT2D eigenvalue weighted by atomic mass is 16.5. The van der Waals surface area contributed by atoms with Crippen molar-refractivity contribution in [2.45, 2.75) is 19.4 Å². The van der Waals surface area contributed by atoms with Gasteiger partial charge in [0.05, 0.1) is 26.3 Å². The predicted octanol–water partition coefficient (Wildman–Crippen LogP) is 2.39. The molecule has 7 nitrogen and oxygen atoms in total. The van der Waals surface area contributed by atoms with Gasteiger partial charge in [-0.15, -0.1) is 0 Å². The molecule has 7 heteroatoms. The molecule has 1 saturated heterocycles. The lowest BCUT2D eigenvalue weighted by Crippen LogP contribution is -2.44. The van der Waals surface area contributed by atoms with Gasteiger partial charge in [-0.25, -0.2) is 4.90 Å². The first-order chi connectivity index (χ1) is 13.0. The quantitative estimate of drug-likeness (QED) is 0.758. The van der Waals surface area contributed by atoms with E-state index in [1.165, 1.54) is 18.9 Å². The lowest BCUT2D eigenvalue weighted by Gasteiger charge is -2.26. The molecule has 140 valence electrons. The number of nitrogens with zero attached hydrogens (tertiary/aromatic N) is 2. The van der Waals surface area contributed by atoms with Gasteiger partial charge >= 0.3 is 0 Å². The van der Waals surface area contributed by atoms with Crippen molar-refractivity contribution in [3.63, 3.8) is 0 Å². The summed E-state index contributed by atoms with van der Waals surface area (Å²) in [4.78, 5) is 40.2. The maximum Gasteiger partial charge on any atom is 0.257 e. The highest BCUT2D eigenvalue weighted by Crippen LogP contribution is 2.30. The molecule has 1 fully saturated rings. The lowest BCUT2D eigenvalue weighted by atomic mass is 10.1. The fourth-order valence-corrected chi connectivity index (χ4v) is 3.14. The van der Waals surface area contributed by atoms with Gasteiger partial charge in [0.15, 0.2) is 0 Å². The first-order valence-electron chi connectivity index (χ1n) is 8.41. The normalized spacial score (nSPS) is 16.4. The zero-order valence-corrected chi connectivity index (χ0v) is 15.3. The number of carbonyl (C=O) groups excluding carboxylic acids is 3. The minimum absolute atomic E-state index is 0.0729. The number of rotatable bonds is 5. The smallest absolute Gasteiger partial charge is 0.257 e. The second-order valence-electron chi connectivity index (χ2n) is 6.07. The Kier molecular flexibility index (Phi) is 5.12. The van der Waals surface area contributed by atoms with Crippen LogP contribution >= 0.6 is 0 Å². The molecule has 2 aromatic carbocycles. The van der Waals surface area contributed by atoms with E-state index in [0.29, 0.717) is 22.9 Å². The van der Waals surface area contributed by atoms with E-state index in [1.54, 1.807) is 55.6 Å². The highest BCUT2D eigenvalue weighted by Gasteiger charge is 2.44. The fraction of sp³-hybridized carbons (Fsp3) is 0.250. The molecule has 3 rings (SSSR count). The van der Waals surface area contributed by atoms with Gasteiger partial charge in [0.25, 0.3) is 5.91 Å². The van der Waals surface area contributed by atoms with Crippen LogP contribution in [0.2, 0.25) is 0 Å². The Morgan fingerprint density at radius 3 is 1.96 bits per heavy atom. The van der Waals surface area contributed by atoms with E-state index in [1.807, 2.05) is 0 Å². The second-order valence-corrected chi connectivity index (χ2v) is 6.07. The van der Waals surface area contributed by atoms with Gasteiger partial charge < -0.3 is 9.47 Å². The SMILES string of the molecule is COc1ccc(N2C(=O)C[C@H](N(C(C)=O)c3ccc(OC)cc3)C2=O)cc1. The van der Waals surface area contributed by atoms with E-state index in [-0.39, 0.29) is 18.2 Å². The Balaban J connectivity index is 1.91. The number of ether oxygens (including phenoxy) is 2. The van der Waals surface area contributed by atoms with Crippen LogP contribution in [-0.4, -0.2) is 38.0 Å². The Morgan fingerprint density at radius 2 is 1.48 bits per heavy atom. The number of imide groups is 1. The average molecular weight is 368 g/mol. The number of hydrogen-bond acceptors (Lipinski definition) is 5. The van der Waals surface area contributed by atoms with Crippen molar-refractivity contribution in [2.75, 3.05) is 24.0 Å². The minimum atomic E-state index is -0.884. The third kappa shape index (κ3) is 3.48. The molecule has 1 aliphatic rings. The summed E-state index contributed by atoms with van der Waals surface area (Å²) in [6.45, 7) is 1.37. The van der Waals surface area contributed by atoms with Crippen LogP contribution in [0.3, 0.4) is 0 Å². The maximum atomic E-state index is 13.0. The summed E-state index contributed by atoms with van der Waals surface area (Å²) in [6.07, 6.45) is -0.0729. The molecule has 0 unspecified atom stereocenters. The van der Waals surface area contributed by atoms with Gasteiger partial charge in [-0.05, 0) is 48.5 Å². The van der Waals surface area contributed by atoms with Crippen LogP contribution in [0.1, 0.15) is 13.3 Å². The fourth-order valence-electron chi connectivity index (χ4n) is 3.14. The number of hydrogen-bond donors (Lipinski definition) is 0. The van der Waals surface area contributed by atoms with Crippen molar-refractivity contribution >= 4 is 29.1 Å². The van der Waals surface area contributed by atoms with Crippen molar-refractivity contribution < 1.29 is 23.9 Å². The minimum Gasteiger partial charge on any atom is -0.497 e. The Bertz CT molecular complexity index is 861. The van der Waals surface area contributed by atoms with E-state index < -0.39 is 11.9 Å². The molecule has 1 aliphatic heterocycles. The molecule has 1 atom stereocenters. The van der Waals surface area contributed by atoms with Gasteiger partial charge in [-0.3, -0.25) is 19.3 Å². The van der Waals surface area contributed by atoms with Gasteiger partial charge in [0, 0.05) is 12.6 Å². The third-order valence-electron chi connectivity index (χ3n) is 4.45. The molecule has 1 heterocycles. The average Bonchev–Trinajstić information content (AvgIpc) is 2.96. The molecule has 0 N–H and O–H groups in total. The Morgan fingerprint density at radius 1 is 0.963 bits per heavy atom. The monoisotopic (exact) mass is 368 g/mol. The Labute approximate surface area is 157 Å². The van der Waals surface area contributed by atoms with Crippen LogP contribution in [0.5, 0.6) is 11.5 Å². The molecule has 27 heavy (non-hydrogen) atoms. The zero-order chi connectivity index (χ0) is 19.6. The van der Waals surface area contributed by atoms with Crippen LogP contribution in [-0.2, 0) is 14.4 Å². The molecular formula is C20H20N2O5. The predicted molar refractivity (Wildman–Crippen MR) is 100 cm³/mol. The zero-order valence-electron chi connectivity index (χ0n) is 15.3. The molecule has 0 aromatic heterocycles. The standard InChI is InChI=1S/C20H20N2O5/c1-13(23)21(14-4-8-16(26-2)9-5-14)18-12-19(24)22(20(18)25)15-6-10-17(27-3)11-7-15/h4-11,18H,12H2,1-3H3/t18-/m0/s1. The molecule has 0 radical (unpaired) electrons. The molecular weight excluding hydrogens is 348 g/mol. The van der Waals surface area contributed by atoms with Gasteiger partial charge in [-0.1, -0.05) is 0 Å². The van der Waals surface area contributed by atoms with Crippen LogP contribution < -0.4 is 19.3 Å². The van der Waals surface area contributed by atoms with E-state index >= 15 is 0 Å². The van der Waals surface area contributed by atoms with Crippen LogP contribution in [0, 0.1) is 0 Å². The number of anilines is 2. The van der Waals surface area contributed by atoms with Crippen molar-refractivity contribution in [3.8, 4) is 11.5 Å². The van der Waals surface area contributed by atoms with Crippen LogP contribution in [0.25, 0.3) is 0 Å². The van der Waals surface area contributed by atoms with Gasteiger partial charge in [0.2, 0.25) is 11.8 Å². The van der Waals surface area contributed by atoms with Crippen molar-refractivity contribution in [3.05, 3.63) is 48.5 Å². The summed E-state index contributed by atoms with van der Waals surface area (Å²) in [5.41, 5.74) is 0.984. The summed E-state index contributed by atoms with van der Waals surface area (Å²) >= 11 is 0. The number of benzene rings is 2. The number of carbonyl (C=O) groups is 3. The third-order valence-corrected chi connectivity index (χ3v) is 4.45. The topological polar surface area (TPSA) is 76.2 Å². The summed E-state index contributed by atoms with van der Waals surface area (Å²) in [6, 6.07) is 12.5. The van der Waals surface area contributed by atoms with Crippen LogP contribution in [0.15, 0.2) is 48.5 Å². The second kappa shape index (κ2) is 7.49. The lowest BCUT2D eigenvalue weighted by molar-refractivity contribution is -0.123. The van der Waals surface area contributed by atoms with E-state index in [0.717, 1.165) is 4.90 Å². The first kappa shape index (κ1) is 18.4. The molecule has 3 amide bonds. The van der Waals surface area contributed by atoms with Gasteiger partial charge in [-0.2, -0.15) is 0 Å². The largest absolute Gasteiger partial charge is 0.497 e. The Hall–Kier alpha value is -3.35. The number of methoxy groups -OCH3 is 2. The van der Waals surface area contributed by atoms with Crippen molar-refractivity contribution in [1.82, 2.24) is 0 Å². The highest BCUT2D eigenvalue weighted by molar-refractivity contribution is 6.24. The summed E-state index contributed by atoms with van der Waals surface area (Å²) in [5, 5.41) is 0. The van der Waals surface area contributed by atoms with Crippen molar-refractivity contribution in [2.24, 2.45) is 0 Å². The molecule has 0 aliphatic carbocycles. The molecule has 2 aromatic rings. The first-order valence-corrected chi connectivity index (χ1v) is 8.41. The van der Waals surface area contributed by atoms with Crippen LogP contribution in [0.4, 0.5) is 11.4 Å². The van der Waals surface area contributed by atoms with Gasteiger partial charge in [0.1, 0.15) is 17.5 Å². The van der Waals surface area contributed by atoms with E-state index in [9.17, 15) is 14.4 Å². The number of amides is 3. The van der Waals surface area contributed by atoms with Crippen molar-refractivity contribution in [1.29, 1.82) is 0 Å². The maximum absolute atomic E-state index is 13.0. The molecule has 0 spiro atoms. The molecule has 0 bridgehead atoms. The molecule has 0 saturated carbocycles.